The molecule has 1 unspecified atom stereocenters. The summed E-state index contributed by atoms with van der Waals surface area (Å²) in [5, 5.41) is 31.5. The van der Waals surface area contributed by atoms with Crippen LogP contribution in [-0.2, 0) is 4.74 Å². The summed E-state index contributed by atoms with van der Waals surface area (Å²) in [6, 6.07) is 0. The molecular weight excluding hydrogens is 462 g/mol. The minimum atomic E-state index is -0.641. The molecule has 1 aliphatic heterocycles. The normalized spacial score (nSPS) is 40.5. The second kappa shape index (κ2) is 9.81. The van der Waals surface area contributed by atoms with Crippen LogP contribution in [0.2, 0.25) is 0 Å². The van der Waals surface area contributed by atoms with Gasteiger partial charge in [0.2, 0.25) is 0 Å². The summed E-state index contributed by atoms with van der Waals surface area (Å²) in [4.78, 5) is 4.77. The molecule has 4 saturated carbocycles. The van der Waals surface area contributed by atoms with Crippen LogP contribution in [0.5, 0.6) is 0 Å². The number of allylic oxidation sites excluding steroid dienone is 4. The first-order chi connectivity index (χ1) is 17.4. The first kappa shape index (κ1) is 26.9. The summed E-state index contributed by atoms with van der Waals surface area (Å²) >= 11 is 0. The fraction of sp³-hybridized carbons (Fsp3) is 0.719. The van der Waals surface area contributed by atoms with Gasteiger partial charge in [0.25, 0.3) is 0 Å². The molecule has 0 aromatic rings. The van der Waals surface area contributed by atoms with Crippen molar-refractivity contribution in [3.63, 3.8) is 0 Å². The topological polar surface area (TPSA) is 82.3 Å². The SMILES string of the molecule is C=C1/C(=C\C=C2/CCC[C@@]3(C)C2CC[C@@H]3[C@H](C)/C=C/[C@@H](O)C2(C3=NC(C)(C)CO3)CC2)C[C@@H](O)C[C@@H]1O. The first-order valence-corrected chi connectivity index (χ1v) is 14.5. The smallest absolute Gasteiger partial charge is 0.193 e. The summed E-state index contributed by atoms with van der Waals surface area (Å²) < 4.78 is 5.92. The zero-order chi connectivity index (χ0) is 26.6. The van der Waals surface area contributed by atoms with Gasteiger partial charge in [-0.1, -0.05) is 50.3 Å². The Morgan fingerprint density at radius 1 is 1.08 bits per heavy atom. The molecule has 4 aliphatic carbocycles. The van der Waals surface area contributed by atoms with Crippen molar-refractivity contribution in [2.75, 3.05) is 6.61 Å². The van der Waals surface area contributed by atoms with Gasteiger partial charge < -0.3 is 20.1 Å². The third kappa shape index (κ3) is 5.04. The zero-order valence-electron chi connectivity index (χ0n) is 23.2. The van der Waals surface area contributed by atoms with Crippen molar-refractivity contribution in [1.82, 2.24) is 0 Å². The number of hydrogen-bond donors (Lipinski definition) is 3. The highest BCUT2D eigenvalue weighted by atomic mass is 16.5. The Morgan fingerprint density at radius 3 is 2.51 bits per heavy atom. The highest BCUT2D eigenvalue weighted by Crippen LogP contribution is 2.60. The van der Waals surface area contributed by atoms with Crippen molar-refractivity contribution in [2.24, 2.45) is 33.6 Å². The molecule has 7 atom stereocenters. The van der Waals surface area contributed by atoms with E-state index in [9.17, 15) is 15.3 Å². The number of aliphatic hydroxyl groups excluding tert-OH is 3. The van der Waals surface area contributed by atoms with Gasteiger partial charge in [-0.3, -0.25) is 0 Å². The van der Waals surface area contributed by atoms with Gasteiger partial charge in [0.05, 0.1) is 29.3 Å². The molecule has 0 amide bonds. The Morgan fingerprint density at radius 2 is 1.84 bits per heavy atom. The maximum absolute atomic E-state index is 11.1. The molecule has 5 heteroatoms. The minimum absolute atomic E-state index is 0.193. The van der Waals surface area contributed by atoms with Crippen LogP contribution in [0.1, 0.15) is 85.5 Å². The molecule has 0 bridgehead atoms. The van der Waals surface area contributed by atoms with E-state index in [4.69, 9.17) is 9.73 Å². The van der Waals surface area contributed by atoms with Crippen LogP contribution in [0.4, 0.5) is 0 Å². The van der Waals surface area contributed by atoms with Gasteiger partial charge in [-0.25, -0.2) is 4.99 Å². The van der Waals surface area contributed by atoms with Gasteiger partial charge in [-0.15, -0.1) is 0 Å². The number of ether oxygens (including phenoxy) is 1. The van der Waals surface area contributed by atoms with E-state index in [0.717, 1.165) is 36.3 Å². The predicted octanol–water partition coefficient (Wildman–Crippen LogP) is 5.67. The van der Waals surface area contributed by atoms with Gasteiger partial charge in [-0.05, 0) is 99.5 Å². The number of aliphatic imine (C=N–C) groups is 1. The molecule has 0 spiro atoms. The lowest BCUT2D eigenvalue weighted by Crippen LogP contribution is -2.35. The van der Waals surface area contributed by atoms with E-state index >= 15 is 0 Å². The van der Waals surface area contributed by atoms with E-state index in [1.54, 1.807) is 0 Å². The third-order valence-corrected chi connectivity index (χ3v) is 10.3. The minimum Gasteiger partial charge on any atom is -0.478 e. The quantitative estimate of drug-likeness (QED) is 0.403. The molecule has 0 aromatic carbocycles. The fourth-order valence-electron chi connectivity index (χ4n) is 7.82. The average Bonchev–Trinajstić information content (AvgIpc) is 3.45. The molecule has 4 fully saturated rings. The Hall–Kier alpha value is -1.69. The van der Waals surface area contributed by atoms with Crippen molar-refractivity contribution in [2.45, 2.75) is 109 Å². The van der Waals surface area contributed by atoms with Crippen LogP contribution in [0.25, 0.3) is 0 Å². The van der Waals surface area contributed by atoms with E-state index in [1.807, 2.05) is 6.08 Å². The monoisotopic (exact) mass is 509 g/mol. The van der Waals surface area contributed by atoms with Gasteiger partial charge in [0, 0.05) is 6.42 Å². The largest absolute Gasteiger partial charge is 0.478 e. The summed E-state index contributed by atoms with van der Waals surface area (Å²) in [5.74, 6) is 2.30. The van der Waals surface area contributed by atoms with Crippen molar-refractivity contribution in [1.29, 1.82) is 0 Å². The van der Waals surface area contributed by atoms with Crippen LogP contribution in [-0.4, -0.2) is 51.7 Å². The van der Waals surface area contributed by atoms with Crippen LogP contribution >= 0.6 is 0 Å². The number of aliphatic hydroxyl groups is 3. The molecule has 37 heavy (non-hydrogen) atoms. The van der Waals surface area contributed by atoms with Gasteiger partial charge in [0.15, 0.2) is 5.90 Å². The standard InChI is InChI=1S/C32H47NO4/c1-20(8-13-28(36)32(15-16-32)29-33-30(3,4)19-37-29)25-11-12-26-22(7-6-14-31(25,26)5)9-10-23-17-24(34)18-27(35)21(23)2/h8-10,13,20,24-28,34-36H,2,6-7,11-12,14-19H2,1,3-5H3/b13-8+,22-9+,23-10-/t20-,24-,25-,26?,27+,28-,31-/m1/s1. The maximum Gasteiger partial charge on any atom is 0.193 e. The molecule has 5 nitrogen and oxygen atoms in total. The molecule has 5 rings (SSSR count). The Labute approximate surface area is 223 Å². The highest BCUT2D eigenvalue weighted by Gasteiger charge is 2.56. The van der Waals surface area contributed by atoms with Crippen LogP contribution in [0.3, 0.4) is 0 Å². The van der Waals surface area contributed by atoms with Crippen LogP contribution in [0, 0.1) is 28.6 Å². The maximum atomic E-state index is 11.1. The zero-order valence-corrected chi connectivity index (χ0v) is 23.2. The predicted molar refractivity (Wildman–Crippen MR) is 148 cm³/mol. The van der Waals surface area contributed by atoms with Crippen molar-refractivity contribution in [3.05, 3.63) is 47.6 Å². The van der Waals surface area contributed by atoms with Crippen LogP contribution < -0.4 is 0 Å². The van der Waals surface area contributed by atoms with Crippen LogP contribution in [0.15, 0.2) is 52.6 Å². The highest BCUT2D eigenvalue weighted by molar-refractivity contribution is 5.88. The molecule has 1 heterocycles. The number of hydrogen-bond acceptors (Lipinski definition) is 5. The van der Waals surface area contributed by atoms with Gasteiger partial charge in [-0.2, -0.15) is 0 Å². The molecule has 204 valence electrons. The Bertz CT molecular complexity index is 1030. The molecule has 0 saturated heterocycles. The first-order valence-electron chi connectivity index (χ1n) is 14.5. The third-order valence-electron chi connectivity index (χ3n) is 10.3. The molecule has 3 N–H and O–H groups in total. The average molecular weight is 510 g/mol. The fourth-order valence-corrected chi connectivity index (χ4v) is 7.82. The van der Waals surface area contributed by atoms with Crippen molar-refractivity contribution >= 4 is 5.90 Å². The van der Waals surface area contributed by atoms with E-state index in [1.165, 1.54) is 31.3 Å². The molecule has 5 aliphatic rings. The van der Waals surface area contributed by atoms with E-state index in [0.29, 0.717) is 37.2 Å². The van der Waals surface area contributed by atoms with E-state index in [-0.39, 0.29) is 16.4 Å². The van der Waals surface area contributed by atoms with Gasteiger partial charge in [0.1, 0.15) is 6.61 Å². The second-order valence-corrected chi connectivity index (χ2v) is 13.5. The number of nitrogens with zero attached hydrogens (tertiary/aromatic N) is 1. The van der Waals surface area contributed by atoms with E-state index in [2.05, 4.69) is 52.5 Å². The molecule has 0 radical (unpaired) electrons. The second-order valence-electron chi connectivity index (χ2n) is 13.5. The summed E-state index contributed by atoms with van der Waals surface area (Å²) in [6.45, 7) is 13.6. The molecular formula is C32H47NO4. The lowest BCUT2D eigenvalue weighted by Gasteiger charge is -2.44. The lowest BCUT2D eigenvalue weighted by atomic mass is 9.61. The van der Waals surface area contributed by atoms with Crippen molar-refractivity contribution < 1.29 is 20.1 Å². The number of rotatable bonds is 6. The van der Waals surface area contributed by atoms with Crippen molar-refractivity contribution in [3.8, 4) is 0 Å². The lowest BCUT2D eigenvalue weighted by molar-refractivity contribution is 0.0862. The molecule has 0 aromatic heterocycles. The van der Waals surface area contributed by atoms with E-state index < -0.39 is 18.3 Å². The summed E-state index contributed by atoms with van der Waals surface area (Å²) in [7, 11) is 0. The number of fused-ring (bicyclic) bond motifs is 1. The summed E-state index contributed by atoms with van der Waals surface area (Å²) in [6.07, 6.45) is 15.8. The Balaban J connectivity index is 1.28. The summed E-state index contributed by atoms with van der Waals surface area (Å²) in [5.41, 5.74) is 3.00. The van der Waals surface area contributed by atoms with Gasteiger partial charge >= 0.3 is 0 Å². The Kier molecular flexibility index (Phi) is 7.13.